The van der Waals surface area contributed by atoms with Crippen LogP contribution >= 0.6 is 0 Å². The zero-order valence-electron chi connectivity index (χ0n) is 30.2. The summed E-state index contributed by atoms with van der Waals surface area (Å²) in [6.45, 7) is 9.55. The van der Waals surface area contributed by atoms with Crippen LogP contribution in [0.5, 0.6) is 5.75 Å². The maximum Gasteiger partial charge on any atom is 0.262 e. The average Bonchev–Trinajstić information content (AvgIpc) is 3.43. The zero-order chi connectivity index (χ0) is 36.9. The van der Waals surface area contributed by atoms with Crippen molar-refractivity contribution in [2.24, 2.45) is 5.92 Å². The fourth-order valence-electron chi connectivity index (χ4n) is 9.15. The Kier molecular flexibility index (Phi) is 9.15. The van der Waals surface area contributed by atoms with Crippen molar-refractivity contribution in [2.45, 2.75) is 43.9 Å². The highest BCUT2D eigenvalue weighted by atomic mass is 16.5. The number of hydrogen-bond donors (Lipinski definition) is 3. The quantitative estimate of drug-likeness (QED) is 0.302. The van der Waals surface area contributed by atoms with Gasteiger partial charge in [0.1, 0.15) is 11.8 Å². The van der Waals surface area contributed by atoms with Gasteiger partial charge in [-0.15, -0.1) is 10.2 Å². The lowest BCUT2D eigenvalue weighted by Gasteiger charge is -2.47. The van der Waals surface area contributed by atoms with Crippen LogP contribution in [0.4, 0.5) is 17.2 Å². The molecule has 2 aromatic carbocycles. The van der Waals surface area contributed by atoms with Gasteiger partial charge in [-0.25, -0.2) is 0 Å². The molecule has 4 atom stereocenters. The Morgan fingerprint density at radius 2 is 1.69 bits per heavy atom. The van der Waals surface area contributed by atoms with Crippen LogP contribution in [-0.2, 0) is 14.3 Å². The van der Waals surface area contributed by atoms with E-state index in [1.54, 1.807) is 24.3 Å². The molecule has 6 aliphatic rings. The van der Waals surface area contributed by atoms with Gasteiger partial charge in [-0.05, 0) is 61.6 Å². The Morgan fingerprint density at radius 1 is 0.833 bits per heavy atom. The molecule has 3 N–H and O–H groups in total. The summed E-state index contributed by atoms with van der Waals surface area (Å²) < 4.78 is 6.31. The molecule has 0 bridgehead atoms. The summed E-state index contributed by atoms with van der Waals surface area (Å²) in [5, 5.41) is 25.0. The van der Waals surface area contributed by atoms with Gasteiger partial charge < -0.3 is 25.0 Å². The number of phenolic OH excluding ortho intramolecular Hbond substituents is 1. The molecule has 7 heterocycles. The second-order valence-corrected chi connectivity index (χ2v) is 15.4. The molecule has 4 unspecified atom stereocenters. The topological polar surface area (TPSA) is 164 Å². The summed E-state index contributed by atoms with van der Waals surface area (Å²) in [6.07, 6.45) is 2.52. The Labute approximate surface area is 313 Å². The largest absolute Gasteiger partial charge is 0.507 e. The van der Waals surface area contributed by atoms with Gasteiger partial charge in [0.05, 0.1) is 41.3 Å². The number of nitrogens with one attached hydrogen (secondary N) is 2. The molecular weight excluding hydrogens is 690 g/mol. The minimum atomic E-state index is -0.970. The van der Waals surface area contributed by atoms with E-state index in [-0.39, 0.29) is 36.6 Å². The lowest BCUT2D eigenvalue weighted by Crippen LogP contribution is -2.60. The third-order valence-corrected chi connectivity index (χ3v) is 11.8. The molecule has 1 aromatic heterocycles. The van der Waals surface area contributed by atoms with E-state index in [4.69, 9.17) is 4.74 Å². The van der Waals surface area contributed by atoms with E-state index in [2.05, 4.69) is 40.4 Å². The van der Waals surface area contributed by atoms with Crippen molar-refractivity contribution in [3.8, 4) is 17.0 Å². The standard InChI is InChI=1S/C39H45N9O6/c49-34-6-2-1-5-29(34)31-17-33-36(43-42-31)40-18-26-21-44(12-13-47(26)33)22-27-23-45(14-15-54-27)19-24-4-3-11-46(20-24)25-7-8-28-30(16-25)39(53)48(38(28)52)32-9-10-35(50)41-37(32)51/h1-2,5-8,16-17,24,26-27,32,49H,3-4,9-15,18-23H2,(H,40,43)(H,41,50,51). The van der Waals surface area contributed by atoms with Crippen LogP contribution < -0.4 is 20.4 Å². The van der Waals surface area contributed by atoms with Crippen molar-refractivity contribution in [1.82, 2.24) is 30.2 Å². The summed E-state index contributed by atoms with van der Waals surface area (Å²) >= 11 is 0. The second kappa shape index (κ2) is 14.3. The molecule has 4 fully saturated rings. The van der Waals surface area contributed by atoms with E-state index in [1.165, 1.54) is 0 Å². The third-order valence-electron chi connectivity index (χ3n) is 11.8. The summed E-state index contributed by atoms with van der Waals surface area (Å²) in [5.74, 6) is -0.519. The van der Waals surface area contributed by atoms with E-state index in [1.807, 2.05) is 24.3 Å². The van der Waals surface area contributed by atoms with Gasteiger partial charge in [0, 0.05) is 83.1 Å². The fraction of sp³-hybridized carbons (Fsp3) is 0.487. The first-order chi connectivity index (χ1) is 26.3. The third kappa shape index (κ3) is 6.54. The Morgan fingerprint density at radius 3 is 2.56 bits per heavy atom. The summed E-state index contributed by atoms with van der Waals surface area (Å²) in [4.78, 5) is 61.6. The van der Waals surface area contributed by atoms with Crippen molar-refractivity contribution < 1.29 is 29.0 Å². The number of imide groups is 2. The van der Waals surface area contributed by atoms with E-state index < -0.39 is 23.8 Å². The number of carbonyl (C=O) groups excluding carboxylic acids is 4. The Hall–Kier alpha value is -5.12. The molecule has 3 aromatic rings. The molecular formula is C39H45N9O6. The van der Waals surface area contributed by atoms with Crippen LogP contribution in [-0.4, -0.2) is 144 Å². The normalized spacial score (nSPS) is 26.3. The Balaban J connectivity index is 0.793. The maximum absolute atomic E-state index is 13.4. The van der Waals surface area contributed by atoms with Crippen LogP contribution in [0.2, 0.25) is 0 Å². The van der Waals surface area contributed by atoms with E-state index in [0.717, 1.165) is 100 Å². The van der Waals surface area contributed by atoms with Crippen LogP contribution in [0.15, 0.2) is 48.5 Å². The molecule has 0 aliphatic carbocycles. The minimum Gasteiger partial charge on any atom is -0.507 e. The van der Waals surface area contributed by atoms with Crippen molar-refractivity contribution >= 4 is 40.8 Å². The fourth-order valence-corrected chi connectivity index (χ4v) is 9.15. The van der Waals surface area contributed by atoms with E-state index in [9.17, 15) is 24.3 Å². The molecule has 54 heavy (non-hydrogen) atoms. The first-order valence-corrected chi connectivity index (χ1v) is 19.1. The van der Waals surface area contributed by atoms with Crippen LogP contribution in [0.1, 0.15) is 46.4 Å². The number of piperazine rings is 1. The summed E-state index contributed by atoms with van der Waals surface area (Å²) in [7, 11) is 0. The minimum absolute atomic E-state index is 0.0967. The van der Waals surface area contributed by atoms with Gasteiger partial charge in [-0.1, -0.05) is 12.1 Å². The van der Waals surface area contributed by atoms with Crippen molar-refractivity contribution in [3.05, 3.63) is 59.7 Å². The maximum atomic E-state index is 13.4. The number of benzene rings is 2. The monoisotopic (exact) mass is 735 g/mol. The summed E-state index contributed by atoms with van der Waals surface area (Å²) in [6, 6.07) is 14.0. The van der Waals surface area contributed by atoms with Crippen molar-refractivity contribution in [2.75, 3.05) is 87.2 Å². The first kappa shape index (κ1) is 34.6. The highest BCUT2D eigenvalue weighted by Crippen LogP contribution is 2.37. The molecule has 0 saturated carbocycles. The number of aromatic hydroxyl groups is 1. The molecule has 4 amide bonds. The number of morpholine rings is 1. The van der Waals surface area contributed by atoms with Crippen molar-refractivity contribution in [1.29, 1.82) is 0 Å². The second-order valence-electron chi connectivity index (χ2n) is 15.4. The number of ether oxygens (including phenoxy) is 1. The highest BCUT2D eigenvalue weighted by molar-refractivity contribution is 6.23. The zero-order valence-corrected chi connectivity index (χ0v) is 30.2. The molecule has 4 saturated heterocycles. The molecule has 6 aliphatic heterocycles. The summed E-state index contributed by atoms with van der Waals surface area (Å²) in [5.41, 5.74) is 3.89. The molecule has 0 radical (unpaired) electrons. The number of anilines is 3. The van der Waals surface area contributed by atoms with E-state index in [0.29, 0.717) is 34.9 Å². The Bertz CT molecular complexity index is 1990. The number of piperidine rings is 2. The lowest BCUT2D eigenvalue weighted by atomic mass is 9.96. The molecule has 15 nitrogen and oxygen atoms in total. The predicted molar refractivity (Wildman–Crippen MR) is 199 cm³/mol. The van der Waals surface area contributed by atoms with Gasteiger partial charge in [-0.3, -0.25) is 39.2 Å². The van der Waals surface area contributed by atoms with Crippen LogP contribution in [0.25, 0.3) is 11.3 Å². The number of amides is 4. The van der Waals surface area contributed by atoms with Gasteiger partial charge >= 0.3 is 0 Å². The SMILES string of the molecule is O=C1CCC(N2C(=O)c3ccc(N4CCCC(CN5CCOC(CN6CCN7c8cc(-c9ccccc9O)nnc8NCC7C6)C5)C4)cc3C2=O)C(=O)N1. The molecule has 282 valence electrons. The number of nitrogens with zero attached hydrogens (tertiary/aromatic N) is 7. The smallest absolute Gasteiger partial charge is 0.262 e. The van der Waals surface area contributed by atoms with Crippen molar-refractivity contribution in [3.63, 3.8) is 0 Å². The lowest BCUT2D eigenvalue weighted by molar-refractivity contribution is -0.136. The number of para-hydroxylation sites is 1. The van der Waals surface area contributed by atoms with Gasteiger partial charge in [-0.2, -0.15) is 0 Å². The van der Waals surface area contributed by atoms with Crippen LogP contribution in [0, 0.1) is 5.92 Å². The number of hydrogen-bond acceptors (Lipinski definition) is 13. The first-order valence-electron chi connectivity index (χ1n) is 19.1. The van der Waals surface area contributed by atoms with Crippen LogP contribution in [0.3, 0.4) is 0 Å². The van der Waals surface area contributed by atoms with E-state index >= 15 is 0 Å². The predicted octanol–water partition coefficient (Wildman–Crippen LogP) is 1.78. The molecule has 0 spiro atoms. The molecule has 9 rings (SSSR count). The molecule has 15 heteroatoms. The highest BCUT2D eigenvalue weighted by Gasteiger charge is 2.45. The average molecular weight is 736 g/mol. The van der Waals surface area contributed by atoms with Gasteiger partial charge in [0.2, 0.25) is 11.8 Å². The number of fused-ring (bicyclic) bond motifs is 4. The number of aromatic nitrogens is 2. The number of phenols is 1. The number of carbonyl (C=O) groups is 4. The van der Waals surface area contributed by atoms with Gasteiger partial charge in [0.25, 0.3) is 11.8 Å². The number of rotatable bonds is 7. The van der Waals surface area contributed by atoms with Gasteiger partial charge in [0.15, 0.2) is 5.82 Å².